The Hall–Kier alpha value is -1.75. The molecule has 0 N–H and O–H groups in total. The van der Waals surface area contributed by atoms with Gasteiger partial charge in [-0.1, -0.05) is 0 Å². The van der Waals surface area contributed by atoms with Gasteiger partial charge in [0, 0.05) is 24.7 Å². The number of carbonyl (C=O) groups is 2. The molecule has 5 heteroatoms. The minimum atomic E-state index is -0.313. The molecule has 21 heavy (non-hydrogen) atoms. The maximum atomic E-state index is 13.0. The zero-order chi connectivity index (χ0) is 15.2. The molecule has 1 atom stereocenters. The fraction of sp³-hybridized carbons (Fsp3) is 0.500. The molecule has 0 spiro atoms. The number of hydrogen-bond donors (Lipinski definition) is 0. The molecule has 1 aliphatic heterocycles. The van der Waals surface area contributed by atoms with Crippen molar-refractivity contribution in [3.8, 4) is 0 Å². The minimum Gasteiger partial charge on any atom is -0.312 e. The van der Waals surface area contributed by atoms with Gasteiger partial charge in [0.25, 0.3) is 0 Å². The smallest absolute Gasteiger partial charge is 0.241 e. The van der Waals surface area contributed by atoms with Crippen molar-refractivity contribution >= 4 is 17.9 Å². The molecule has 0 saturated carbocycles. The van der Waals surface area contributed by atoms with Crippen molar-refractivity contribution in [2.45, 2.75) is 19.8 Å². The number of aldehydes is 1. The lowest BCUT2D eigenvalue weighted by molar-refractivity contribution is -0.121. The van der Waals surface area contributed by atoms with Gasteiger partial charge in [-0.3, -0.25) is 9.69 Å². The lowest BCUT2D eigenvalue weighted by Gasteiger charge is -2.31. The SMILES string of the molecule is CCN(C(=O)CN1CCCC(C=O)C1)c1ccc(F)cc1. The van der Waals surface area contributed by atoms with Crippen LogP contribution in [0.15, 0.2) is 24.3 Å². The van der Waals surface area contributed by atoms with Crippen molar-refractivity contribution < 1.29 is 14.0 Å². The number of hydrogen-bond acceptors (Lipinski definition) is 3. The Morgan fingerprint density at radius 2 is 2.14 bits per heavy atom. The number of anilines is 1. The average molecular weight is 292 g/mol. The molecule has 4 nitrogen and oxygen atoms in total. The van der Waals surface area contributed by atoms with Crippen LogP contribution in [0.25, 0.3) is 0 Å². The Morgan fingerprint density at radius 1 is 1.43 bits per heavy atom. The summed E-state index contributed by atoms with van der Waals surface area (Å²) >= 11 is 0. The summed E-state index contributed by atoms with van der Waals surface area (Å²) in [5.74, 6) is -0.296. The first-order valence-electron chi connectivity index (χ1n) is 7.37. The molecule has 0 aromatic heterocycles. The number of carbonyl (C=O) groups excluding carboxylic acids is 2. The molecule has 1 amide bonds. The van der Waals surface area contributed by atoms with Gasteiger partial charge in [0.1, 0.15) is 12.1 Å². The molecular formula is C16H21FN2O2. The van der Waals surface area contributed by atoms with E-state index in [0.717, 1.165) is 25.7 Å². The zero-order valence-electron chi connectivity index (χ0n) is 12.3. The third-order valence-electron chi connectivity index (χ3n) is 3.85. The van der Waals surface area contributed by atoms with E-state index in [1.165, 1.54) is 12.1 Å². The molecule has 1 saturated heterocycles. The molecule has 1 aliphatic rings. The normalized spacial score (nSPS) is 19.2. The van der Waals surface area contributed by atoms with Gasteiger partial charge < -0.3 is 9.69 Å². The van der Waals surface area contributed by atoms with Gasteiger partial charge in [-0.2, -0.15) is 0 Å². The zero-order valence-corrected chi connectivity index (χ0v) is 12.3. The van der Waals surface area contributed by atoms with Crippen LogP contribution < -0.4 is 4.90 Å². The summed E-state index contributed by atoms with van der Waals surface area (Å²) in [6.45, 7) is 4.23. The van der Waals surface area contributed by atoms with Crippen molar-refractivity contribution in [2.24, 2.45) is 5.92 Å². The Morgan fingerprint density at radius 3 is 2.76 bits per heavy atom. The summed E-state index contributed by atoms with van der Waals surface area (Å²) in [6, 6.07) is 5.94. The van der Waals surface area contributed by atoms with E-state index < -0.39 is 0 Å². The topological polar surface area (TPSA) is 40.6 Å². The summed E-state index contributed by atoms with van der Waals surface area (Å²) in [5.41, 5.74) is 0.702. The second-order valence-corrected chi connectivity index (χ2v) is 5.39. The molecule has 0 aliphatic carbocycles. The van der Waals surface area contributed by atoms with Crippen LogP contribution in [-0.4, -0.2) is 43.3 Å². The molecule has 114 valence electrons. The van der Waals surface area contributed by atoms with E-state index in [-0.39, 0.29) is 17.6 Å². The highest BCUT2D eigenvalue weighted by Crippen LogP contribution is 2.17. The maximum absolute atomic E-state index is 13.0. The molecule has 0 bridgehead atoms. The lowest BCUT2D eigenvalue weighted by Crippen LogP contribution is -2.44. The number of nitrogens with zero attached hydrogens (tertiary/aromatic N) is 2. The number of benzene rings is 1. The summed E-state index contributed by atoms with van der Waals surface area (Å²) in [5, 5.41) is 0. The monoisotopic (exact) mass is 292 g/mol. The second-order valence-electron chi connectivity index (χ2n) is 5.39. The van der Waals surface area contributed by atoms with Crippen LogP contribution in [0.4, 0.5) is 10.1 Å². The highest BCUT2D eigenvalue weighted by Gasteiger charge is 2.23. The number of likely N-dealkylation sites (tertiary alicyclic amines) is 1. The number of rotatable bonds is 5. The quantitative estimate of drug-likeness (QED) is 0.780. The molecule has 1 aromatic carbocycles. The molecule has 0 radical (unpaired) electrons. The standard InChI is InChI=1S/C16H21FN2O2/c1-2-19(15-7-5-14(17)6-8-15)16(21)11-18-9-3-4-13(10-18)12-20/h5-8,12-13H,2-4,9-11H2,1H3. The fourth-order valence-corrected chi connectivity index (χ4v) is 2.75. The summed E-state index contributed by atoms with van der Waals surface area (Å²) in [7, 11) is 0. The molecular weight excluding hydrogens is 271 g/mol. The van der Waals surface area contributed by atoms with Crippen molar-refractivity contribution in [3.63, 3.8) is 0 Å². The number of piperidine rings is 1. The van der Waals surface area contributed by atoms with Crippen molar-refractivity contribution in [2.75, 3.05) is 31.1 Å². The van der Waals surface area contributed by atoms with Crippen LogP contribution in [0, 0.1) is 11.7 Å². The van der Waals surface area contributed by atoms with Gasteiger partial charge in [0.2, 0.25) is 5.91 Å². The summed E-state index contributed by atoms with van der Waals surface area (Å²) in [6.07, 6.45) is 2.83. The molecule has 1 heterocycles. The van der Waals surface area contributed by atoms with Crippen LogP contribution in [0.3, 0.4) is 0 Å². The maximum Gasteiger partial charge on any atom is 0.241 e. The Balaban J connectivity index is 2.00. The van der Waals surface area contributed by atoms with Gasteiger partial charge in [0.15, 0.2) is 0 Å². The number of halogens is 1. The Labute approximate surface area is 124 Å². The van der Waals surface area contributed by atoms with Crippen LogP contribution in [0.1, 0.15) is 19.8 Å². The van der Waals surface area contributed by atoms with Crippen molar-refractivity contribution in [1.29, 1.82) is 0 Å². The first-order chi connectivity index (χ1) is 10.1. The fourth-order valence-electron chi connectivity index (χ4n) is 2.75. The van der Waals surface area contributed by atoms with E-state index in [0.29, 0.717) is 25.3 Å². The molecule has 1 unspecified atom stereocenters. The van der Waals surface area contributed by atoms with Gasteiger partial charge in [0.05, 0.1) is 6.54 Å². The first-order valence-corrected chi connectivity index (χ1v) is 7.37. The van der Waals surface area contributed by atoms with Gasteiger partial charge in [-0.25, -0.2) is 4.39 Å². The average Bonchev–Trinajstić information content (AvgIpc) is 2.50. The van der Waals surface area contributed by atoms with E-state index in [2.05, 4.69) is 0 Å². The van der Waals surface area contributed by atoms with E-state index in [4.69, 9.17) is 0 Å². The summed E-state index contributed by atoms with van der Waals surface area (Å²) < 4.78 is 13.0. The van der Waals surface area contributed by atoms with E-state index in [1.807, 2.05) is 11.8 Å². The number of likely N-dealkylation sites (N-methyl/N-ethyl adjacent to an activating group) is 1. The van der Waals surface area contributed by atoms with Gasteiger partial charge in [-0.15, -0.1) is 0 Å². The van der Waals surface area contributed by atoms with E-state index >= 15 is 0 Å². The first kappa shape index (κ1) is 15.6. The number of amides is 1. The van der Waals surface area contributed by atoms with Crippen molar-refractivity contribution in [3.05, 3.63) is 30.1 Å². The minimum absolute atomic E-state index is 0.0179. The van der Waals surface area contributed by atoms with E-state index in [9.17, 15) is 14.0 Å². The van der Waals surface area contributed by atoms with Crippen LogP contribution in [0.2, 0.25) is 0 Å². The molecule has 1 aromatic rings. The predicted octanol–water partition coefficient (Wildman–Crippen LogP) is 2.09. The lowest BCUT2D eigenvalue weighted by atomic mass is 10.00. The third kappa shape index (κ3) is 4.11. The Kier molecular flexibility index (Phi) is 5.44. The highest BCUT2D eigenvalue weighted by molar-refractivity contribution is 5.94. The Bertz CT molecular complexity index is 490. The molecule has 1 fully saturated rings. The van der Waals surface area contributed by atoms with Gasteiger partial charge in [-0.05, 0) is 50.6 Å². The van der Waals surface area contributed by atoms with Crippen LogP contribution >= 0.6 is 0 Å². The molecule has 2 rings (SSSR count). The van der Waals surface area contributed by atoms with E-state index in [1.54, 1.807) is 17.0 Å². The van der Waals surface area contributed by atoms with Crippen molar-refractivity contribution in [1.82, 2.24) is 4.90 Å². The third-order valence-corrected chi connectivity index (χ3v) is 3.85. The van der Waals surface area contributed by atoms with Gasteiger partial charge >= 0.3 is 0 Å². The highest BCUT2D eigenvalue weighted by atomic mass is 19.1. The van der Waals surface area contributed by atoms with Crippen LogP contribution in [-0.2, 0) is 9.59 Å². The second kappa shape index (κ2) is 7.31. The van der Waals surface area contributed by atoms with Crippen LogP contribution in [0.5, 0.6) is 0 Å². The predicted molar refractivity (Wildman–Crippen MR) is 79.7 cm³/mol. The summed E-state index contributed by atoms with van der Waals surface area (Å²) in [4.78, 5) is 27.0. The largest absolute Gasteiger partial charge is 0.312 e.